The SMILES string of the molecule is C=CCOC(=O)N[C@H](C(=O)N[C@@H](C)C(=O)Nc1ccc(COC(=O)N2c3cc(O[Si](C(C)C)(C(C)C)C(C)C)c(OC)cc3C(=O)N3CC4(CC4)C[C@H]3C2O)cc1)C(C)C. The number of anilines is 2. The van der Waals surface area contributed by atoms with Gasteiger partial charge in [0.2, 0.25) is 11.8 Å². The molecule has 5 rings (SSSR count). The topological polar surface area (TPSA) is 185 Å². The molecule has 15 nitrogen and oxygen atoms in total. The minimum absolute atomic E-state index is 0.0134. The van der Waals surface area contributed by atoms with Gasteiger partial charge in [0.15, 0.2) is 12.0 Å². The fraction of sp³-hybridized carbons (Fsp3) is 0.568. The fourth-order valence-electron chi connectivity index (χ4n) is 8.86. The van der Waals surface area contributed by atoms with E-state index >= 15 is 0 Å². The molecule has 4 atom stereocenters. The summed E-state index contributed by atoms with van der Waals surface area (Å²) < 4.78 is 23.7. The number of methoxy groups -OCH3 is 1. The van der Waals surface area contributed by atoms with E-state index < -0.39 is 56.7 Å². The summed E-state index contributed by atoms with van der Waals surface area (Å²) in [5.74, 6) is -0.828. The molecular weight excluding hydrogens is 787 g/mol. The Balaban J connectivity index is 1.33. The summed E-state index contributed by atoms with van der Waals surface area (Å²) in [4.78, 5) is 69.5. The van der Waals surface area contributed by atoms with Gasteiger partial charge in [-0.2, -0.15) is 0 Å². The molecule has 2 aromatic rings. The van der Waals surface area contributed by atoms with Gasteiger partial charge in [-0.25, -0.2) is 14.5 Å². The van der Waals surface area contributed by atoms with Crippen molar-refractivity contribution in [3.63, 3.8) is 0 Å². The predicted octanol–water partition coefficient (Wildman–Crippen LogP) is 7.10. The van der Waals surface area contributed by atoms with E-state index in [-0.39, 0.29) is 58.3 Å². The third kappa shape index (κ3) is 9.59. The summed E-state index contributed by atoms with van der Waals surface area (Å²) in [6.07, 6.45) is 0.886. The van der Waals surface area contributed by atoms with Gasteiger partial charge in [-0.15, -0.1) is 0 Å². The second kappa shape index (κ2) is 18.7. The zero-order valence-electron chi connectivity index (χ0n) is 36.6. The maximum Gasteiger partial charge on any atom is 0.416 e. The number of aliphatic hydroxyl groups excluding tert-OH is 1. The molecule has 2 fully saturated rings. The predicted molar refractivity (Wildman–Crippen MR) is 230 cm³/mol. The minimum atomic E-state index is -2.53. The summed E-state index contributed by atoms with van der Waals surface area (Å²) in [6.45, 7) is 21.8. The standard InChI is InChI=1S/C44H63N5O10Si/c1-12-19-57-42(54)47-37(25(2)3)39(51)45-29(10)38(50)46-31-15-13-30(14-16-31)23-58-43(55)49-33-21-36(59-60(26(4)5,27(6)7)28(8)9)35(56-11)20-32(33)40(52)48-24-44(17-18-44)22-34(48)41(49)53/h12-16,20-21,25-29,34,37,41,53H,1,17-19,22-24H2,2-11H3,(H,45,51)(H,46,50)(H,47,54)/t29-,34-,37-,41?/m0/s1. The maximum absolute atomic E-state index is 14.3. The van der Waals surface area contributed by atoms with Crippen LogP contribution in [0.25, 0.3) is 0 Å². The van der Waals surface area contributed by atoms with Crippen molar-refractivity contribution in [1.29, 1.82) is 0 Å². The number of alkyl carbamates (subject to hydrolysis) is 1. The smallest absolute Gasteiger partial charge is 0.416 e. The van der Waals surface area contributed by atoms with E-state index in [0.29, 0.717) is 35.7 Å². The lowest BCUT2D eigenvalue weighted by Crippen LogP contribution is -2.53. The Morgan fingerprint density at radius 1 is 0.917 bits per heavy atom. The van der Waals surface area contributed by atoms with Crippen molar-refractivity contribution in [3.8, 4) is 11.5 Å². The average molecular weight is 850 g/mol. The average Bonchev–Trinajstić information content (AvgIpc) is 3.86. The summed E-state index contributed by atoms with van der Waals surface area (Å²) in [7, 11) is -1.01. The Hall–Kier alpha value is -5.09. The Morgan fingerprint density at radius 2 is 1.55 bits per heavy atom. The van der Waals surface area contributed by atoms with Crippen molar-refractivity contribution in [3.05, 3.63) is 60.2 Å². The zero-order chi connectivity index (χ0) is 44.3. The Bertz CT molecular complexity index is 1910. The van der Waals surface area contributed by atoms with Crippen LogP contribution in [-0.2, 0) is 25.7 Å². The molecule has 60 heavy (non-hydrogen) atoms. The molecule has 0 bridgehead atoms. The maximum atomic E-state index is 14.3. The molecule has 4 N–H and O–H groups in total. The molecule has 5 amide bonds. The van der Waals surface area contributed by atoms with Crippen LogP contribution in [0.1, 0.15) is 97.5 Å². The van der Waals surface area contributed by atoms with Gasteiger partial charge in [-0.1, -0.05) is 80.2 Å². The van der Waals surface area contributed by atoms with Gasteiger partial charge in [0.25, 0.3) is 14.2 Å². The lowest BCUT2D eigenvalue weighted by atomic mass is 10.0. The van der Waals surface area contributed by atoms with Crippen molar-refractivity contribution >= 4 is 49.6 Å². The normalized spacial score (nSPS) is 19.0. The van der Waals surface area contributed by atoms with Crippen LogP contribution in [-0.4, -0.2) is 92.8 Å². The third-order valence-electron chi connectivity index (χ3n) is 12.2. The van der Waals surface area contributed by atoms with E-state index in [4.69, 9.17) is 18.6 Å². The molecule has 2 aromatic carbocycles. The van der Waals surface area contributed by atoms with Crippen LogP contribution in [0.15, 0.2) is 49.1 Å². The van der Waals surface area contributed by atoms with Gasteiger partial charge in [0, 0.05) is 18.3 Å². The molecule has 1 spiro atoms. The number of rotatable bonds is 16. The lowest BCUT2D eigenvalue weighted by Gasteiger charge is -2.42. The summed E-state index contributed by atoms with van der Waals surface area (Å²) in [6, 6.07) is 7.38. The number of amides is 5. The number of aliphatic hydroxyl groups is 1. The highest BCUT2D eigenvalue weighted by Gasteiger charge is 2.58. The Labute approximate surface area is 354 Å². The van der Waals surface area contributed by atoms with Crippen molar-refractivity contribution in [2.45, 2.75) is 129 Å². The minimum Gasteiger partial charge on any atom is -0.540 e. The van der Waals surface area contributed by atoms with E-state index in [1.165, 1.54) is 25.0 Å². The van der Waals surface area contributed by atoms with Gasteiger partial charge in [0.05, 0.1) is 24.4 Å². The number of ether oxygens (including phenoxy) is 3. The van der Waals surface area contributed by atoms with Crippen molar-refractivity contribution in [2.75, 3.05) is 30.5 Å². The number of carbonyl (C=O) groups excluding carboxylic acids is 5. The molecule has 0 aromatic heterocycles. The molecule has 1 saturated heterocycles. The van der Waals surface area contributed by atoms with Crippen LogP contribution in [0.3, 0.4) is 0 Å². The number of carbonyl (C=O) groups is 5. The van der Waals surface area contributed by atoms with Gasteiger partial charge in [-0.3, -0.25) is 14.4 Å². The highest BCUT2D eigenvalue weighted by atomic mass is 28.4. The first-order chi connectivity index (χ1) is 28.3. The monoisotopic (exact) mass is 849 g/mol. The van der Waals surface area contributed by atoms with Crippen LogP contribution in [0, 0.1) is 11.3 Å². The fourth-order valence-corrected chi connectivity index (χ4v) is 14.1. The molecule has 0 radical (unpaired) electrons. The number of nitrogens with zero attached hydrogens (tertiary/aromatic N) is 2. The number of benzene rings is 2. The van der Waals surface area contributed by atoms with Crippen molar-refractivity contribution in [2.24, 2.45) is 11.3 Å². The van der Waals surface area contributed by atoms with Crippen LogP contribution in [0.4, 0.5) is 21.0 Å². The van der Waals surface area contributed by atoms with E-state index in [0.717, 1.165) is 12.8 Å². The number of nitrogens with one attached hydrogen (secondary N) is 3. The van der Waals surface area contributed by atoms with Crippen LogP contribution < -0.4 is 30.0 Å². The Morgan fingerprint density at radius 3 is 2.10 bits per heavy atom. The first-order valence-electron chi connectivity index (χ1n) is 20.9. The molecule has 328 valence electrons. The first kappa shape index (κ1) is 46.0. The quantitative estimate of drug-likeness (QED) is 0.100. The van der Waals surface area contributed by atoms with E-state index in [1.807, 2.05) is 0 Å². The van der Waals surface area contributed by atoms with E-state index in [1.54, 1.807) is 55.1 Å². The van der Waals surface area contributed by atoms with Gasteiger partial charge < -0.3 is 44.6 Å². The van der Waals surface area contributed by atoms with Crippen LogP contribution in [0.2, 0.25) is 16.6 Å². The second-order valence-electron chi connectivity index (χ2n) is 17.7. The van der Waals surface area contributed by atoms with Crippen LogP contribution >= 0.6 is 0 Å². The summed E-state index contributed by atoms with van der Waals surface area (Å²) in [5.41, 5.74) is 2.05. The molecule has 2 aliphatic heterocycles. The van der Waals surface area contributed by atoms with E-state index in [2.05, 4.69) is 64.1 Å². The van der Waals surface area contributed by atoms with Gasteiger partial charge in [0.1, 0.15) is 31.0 Å². The molecule has 1 aliphatic carbocycles. The van der Waals surface area contributed by atoms with E-state index in [9.17, 15) is 29.1 Å². The second-order valence-corrected chi connectivity index (χ2v) is 23.0. The lowest BCUT2D eigenvalue weighted by molar-refractivity contribution is -0.128. The molecule has 2 heterocycles. The summed E-state index contributed by atoms with van der Waals surface area (Å²) in [5, 5.41) is 20.0. The number of hydrogen-bond donors (Lipinski definition) is 4. The largest absolute Gasteiger partial charge is 0.540 e. The highest BCUT2D eigenvalue weighted by molar-refractivity contribution is 6.78. The van der Waals surface area contributed by atoms with Gasteiger partial charge in [-0.05, 0) is 77.9 Å². The van der Waals surface area contributed by atoms with Crippen molar-refractivity contribution in [1.82, 2.24) is 15.5 Å². The Kier molecular flexibility index (Phi) is 14.3. The molecule has 1 unspecified atom stereocenters. The number of hydrogen-bond acceptors (Lipinski definition) is 10. The summed E-state index contributed by atoms with van der Waals surface area (Å²) >= 11 is 0. The molecule has 3 aliphatic rings. The highest BCUT2D eigenvalue weighted by Crippen LogP contribution is 2.57. The van der Waals surface area contributed by atoms with Crippen LogP contribution in [0.5, 0.6) is 11.5 Å². The molecular formula is C44H63N5O10Si. The third-order valence-corrected chi connectivity index (χ3v) is 18.2. The van der Waals surface area contributed by atoms with Crippen molar-refractivity contribution < 1.29 is 47.7 Å². The number of fused-ring (bicyclic) bond motifs is 2. The molecule has 16 heteroatoms. The molecule has 1 saturated carbocycles. The van der Waals surface area contributed by atoms with Gasteiger partial charge >= 0.3 is 12.2 Å². The zero-order valence-corrected chi connectivity index (χ0v) is 37.6. The first-order valence-corrected chi connectivity index (χ1v) is 23.0.